The second-order valence-electron chi connectivity index (χ2n) is 3.82. The van der Waals surface area contributed by atoms with E-state index in [1.54, 1.807) is 6.07 Å². The van der Waals surface area contributed by atoms with Crippen molar-refractivity contribution in [2.75, 3.05) is 7.11 Å². The van der Waals surface area contributed by atoms with Crippen LogP contribution in [0.3, 0.4) is 0 Å². The Kier molecular flexibility index (Phi) is 3.05. The van der Waals surface area contributed by atoms with Crippen LogP contribution in [-0.4, -0.2) is 17.1 Å². The molecular weight excluding hydrogens is 287 g/mol. The summed E-state index contributed by atoms with van der Waals surface area (Å²) in [7, 11) is 1.50. The van der Waals surface area contributed by atoms with Crippen molar-refractivity contribution in [1.82, 2.24) is 9.97 Å². The number of nitrogens with zero attached hydrogens (tertiary/aromatic N) is 2. The van der Waals surface area contributed by atoms with Crippen LogP contribution in [0, 0.1) is 0 Å². The molecule has 19 heavy (non-hydrogen) atoms. The van der Waals surface area contributed by atoms with Crippen molar-refractivity contribution in [2.24, 2.45) is 0 Å². The highest BCUT2D eigenvalue weighted by molar-refractivity contribution is 6.35. The quantitative estimate of drug-likeness (QED) is 0.665. The maximum Gasteiger partial charge on any atom is 0.185 e. The molecule has 0 aliphatic carbocycles. The Bertz CT molecular complexity index is 755. The van der Waals surface area contributed by atoms with Gasteiger partial charge < -0.3 is 9.15 Å². The lowest BCUT2D eigenvalue weighted by atomic mass is 10.2. The highest BCUT2D eigenvalue weighted by atomic mass is 35.5. The van der Waals surface area contributed by atoms with E-state index in [0.717, 1.165) is 5.39 Å². The number of hydrogen-bond donors (Lipinski definition) is 0. The third-order valence-electron chi connectivity index (χ3n) is 2.69. The molecule has 6 heteroatoms. The SMILES string of the molecule is COc1c(Cl)ncnc1-c1cc2cccc(Cl)c2o1. The smallest absolute Gasteiger partial charge is 0.185 e. The lowest BCUT2D eigenvalue weighted by Crippen LogP contribution is -1.93. The minimum atomic E-state index is 0.235. The average Bonchev–Trinajstić information content (AvgIpc) is 2.84. The van der Waals surface area contributed by atoms with Gasteiger partial charge in [0.15, 0.2) is 27.9 Å². The molecule has 0 aliphatic heterocycles. The summed E-state index contributed by atoms with van der Waals surface area (Å²) in [5, 5.41) is 1.67. The molecule has 4 nitrogen and oxygen atoms in total. The van der Waals surface area contributed by atoms with Gasteiger partial charge in [0.1, 0.15) is 6.33 Å². The Hall–Kier alpha value is -1.78. The van der Waals surface area contributed by atoms with Crippen LogP contribution in [-0.2, 0) is 0 Å². The van der Waals surface area contributed by atoms with Gasteiger partial charge in [-0.05, 0) is 12.1 Å². The first-order chi connectivity index (χ1) is 9.20. The zero-order valence-corrected chi connectivity index (χ0v) is 11.4. The van der Waals surface area contributed by atoms with Crippen LogP contribution in [0.1, 0.15) is 0 Å². The molecule has 0 bridgehead atoms. The molecule has 0 unspecified atom stereocenters. The Balaban J connectivity index is 2.25. The highest BCUT2D eigenvalue weighted by Crippen LogP contribution is 2.37. The fraction of sp³-hybridized carbons (Fsp3) is 0.0769. The van der Waals surface area contributed by atoms with E-state index in [-0.39, 0.29) is 5.15 Å². The molecule has 96 valence electrons. The van der Waals surface area contributed by atoms with Gasteiger partial charge in [0.25, 0.3) is 0 Å². The maximum atomic E-state index is 6.08. The first-order valence-electron chi connectivity index (χ1n) is 5.43. The Morgan fingerprint density at radius 2 is 2.05 bits per heavy atom. The van der Waals surface area contributed by atoms with E-state index in [1.807, 2.05) is 18.2 Å². The van der Waals surface area contributed by atoms with E-state index in [9.17, 15) is 0 Å². The number of para-hydroxylation sites is 1. The van der Waals surface area contributed by atoms with Gasteiger partial charge in [-0.3, -0.25) is 0 Å². The van der Waals surface area contributed by atoms with E-state index in [1.165, 1.54) is 13.4 Å². The molecule has 1 aromatic carbocycles. The molecule has 0 N–H and O–H groups in total. The molecule has 0 saturated heterocycles. The maximum absolute atomic E-state index is 6.08. The van der Waals surface area contributed by atoms with E-state index < -0.39 is 0 Å². The molecule has 2 heterocycles. The number of hydrogen-bond acceptors (Lipinski definition) is 4. The lowest BCUT2D eigenvalue weighted by Gasteiger charge is -2.05. The van der Waals surface area contributed by atoms with E-state index in [2.05, 4.69) is 9.97 Å². The monoisotopic (exact) mass is 294 g/mol. The van der Waals surface area contributed by atoms with Crippen molar-refractivity contribution in [1.29, 1.82) is 0 Å². The number of ether oxygens (including phenoxy) is 1. The molecular formula is C13H8Cl2N2O2. The Morgan fingerprint density at radius 1 is 1.21 bits per heavy atom. The minimum Gasteiger partial charge on any atom is -0.491 e. The first kappa shape index (κ1) is 12.3. The summed E-state index contributed by atoms with van der Waals surface area (Å²) in [6.45, 7) is 0. The second-order valence-corrected chi connectivity index (χ2v) is 4.58. The fourth-order valence-electron chi connectivity index (χ4n) is 1.85. The molecule has 0 atom stereocenters. The van der Waals surface area contributed by atoms with Crippen molar-refractivity contribution < 1.29 is 9.15 Å². The number of methoxy groups -OCH3 is 1. The number of rotatable bonds is 2. The van der Waals surface area contributed by atoms with Gasteiger partial charge in [-0.1, -0.05) is 35.3 Å². The summed E-state index contributed by atoms with van der Waals surface area (Å²) in [5.74, 6) is 0.906. The number of benzene rings is 1. The predicted octanol–water partition coefficient (Wildman–Crippen LogP) is 4.21. The van der Waals surface area contributed by atoms with Crippen molar-refractivity contribution in [3.8, 4) is 17.2 Å². The molecule has 0 spiro atoms. The number of furan rings is 1. The third kappa shape index (κ3) is 2.03. The molecule has 2 aromatic heterocycles. The molecule has 0 radical (unpaired) electrons. The van der Waals surface area contributed by atoms with Crippen LogP contribution in [0.5, 0.6) is 5.75 Å². The largest absolute Gasteiger partial charge is 0.491 e. The highest BCUT2D eigenvalue weighted by Gasteiger charge is 2.17. The fourth-order valence-corrected chi connectivity index (χ4v) is 2.28. The summed E-state index contributed by atoms with van der Waals surface area (Å²) >= 11 is 12.0. The first-order valence-corrected chi connectivity index (χ1v) is 6.19. The summed E-state index contributed by atoms with van der Waals surface area (Å²) < 4.78 is 10.9. The lowest BCUT2D eigenvalue weighted by molar-refractivity contribution is 0.411. The van der Waals surface area contributed by atoms with Gasteiger partial charge in [-0.15, -0.1) is 0 Å². The Morgan fingerprint density at radius 3 is 2.79 bits per heavy atom. The zero-order chi connectivity index (χ0) is 13.4. The van der Waals surface area contributed by atoms with Crippen LogP contribution >= 0.6 is 23.2 Å². The predicted molar refractivity (Wildman–Crippen MR) is 73.8 cm³/mol. The topological polar surface area (TPSA) is 48.2 Å². The van der Waals surface area contributed by atoms with Gasteiger partial charge in [0, 0.05) is 5.39 Å². The molecule has 3 rings (SSSR count). The molecule has 3 aromatic rings. The summed E-state index contributed by atoms with van der Waals surface area (Å²) in [6.07, 6.45) is 1.36. The molecule has 0 saturated carbocycles. The summed E-state index contributed by atoms with van der Waals surface area (Å²) in [5.41, 5.74) is 1.10. The summed E-state index contributed by atoms with van der Waals surface area (Å²) in [6, 6.07) is 7.36. The van der Waals surface area contributed by atoms with E-state index in [0.29, 0.717) is 27.8 Å². The van der Waals surface area contributed by atoms with Gasteiger partial charge in [0.2, 0.25) is 0 Å². The number of aromatic nitrogens is 2. The number of fused-ring (bicyclic) bond motifs is 1. The van der Waals surface area contributed by atoms with E-state index in [4.69, 9.17) is 32.4 Å². The average molecular weight is 295 g/mol. The van der Waals surface area contributed by atoms with Crippen LogP contribution < -0.4 is 4.74 Å². The normalized spacial score (nSPS) is 10.9. The van der Waals surface area contributed by atoms with Crippen molar-refractivity contribution in [3.05, 3.63) is 40.8 Å². The van der Waals surface area contributed by atoms with Crippen LogP contribution in [0.25, 0.3) is 22.4 Å². The summed E-state index contributed by atoms with van der Waals surface area (Å²) in [4.78, 5) is 8.02. The standard InChI is InChI=1S/C13H8Cl2N2O2/c1-18-12-10(16-6-17-13(12)15)9-5-7-3-2-4-8(14)11(7)19-9/h2-6H,1H3. The molecule has 0 amide bonds. The van der Waals surface area contributed by atoms with E-state index >= 15 is 0 Å². The number of halogens is 2. The zero-order valence-electron chi connectivity index (χ0n) is 9.85. The van der Waals surface area contributed by atoms with Crippen LogP contribution in [0.4, 0.5) is 0 Å². The van der Waals surface area contributed by atoms with Gasteiger partial charge in [0.05, 0.1) is 12.1 Å². The van der Waals surface area contributed by atoms with Crippen molar-refractivity contribution >= 4 is 34.2 Å². The van der Waals surface area contributed by atoms with Gasteiger partial charge in [-0.25, -0.2) is 9.97 Å². The molecule has 0 fully saturated rings. The van der Waals surface area contributed by atoms with Gasteiger partial charge in [-0.2, -0.15) is 0 Å². The van der Waals surface area contributed by atoms with Crippen LogP contribution in [0.2, 0.25) is 10.2 Å². The minimum absolute atomic E-state index is 0.235. The van der Waals surface area contributed by atoms with Crippen molar-refractivity contribution in [3.63, 3.8) is 0 Å². The third-order valence-corrected chi connectivity index (χ3v) is 3.26. The van der Waals surface area contributed by atoms with Crippen molar-refractivity contribution in [2.45, 2.75) is 0 Å². The molecule has 0 aliphatic rings. The van der Waals surface area contributed by atoms with Gasteiger partial charge >= 0.3 is 0 Å². The van der Waals surface area contributed by atoms with Crippen LogP contribution in [0.15, 0.2) is 35.0 Å². The Labute approximate surface area is 118 Å². The second kappa shape index (κ2) is 4.72.